The van der Waals surface area contributed by atoms with E-state index in [2.05, 4.69) is 0 Å². The average Bonchev–Trinajstić information content (AvgIpc) is 2.42. The van der Waals surface area contributed by atoms with E-state index < -0.39 is 0 Å². The van der Waals surface area contributed by atoms with Crippen molar-refractivity contribution in [1.82, 2.24) is 9.80 Å². The van der Waals surface area contributed by atoms with E-state index in [0.717, 1.165) is 6.54 Å². The summed E-state index contributed by atoms with van der Waals surface area (Å²) in [5.41, 5.74) is 5.34. The fourth-order valence-corrected chi connectivity index (χ4v) is 1.82. The zero-order valence-corrected chi connectivity index (χ0v) is 11.4. The minimum Gasteiger partial charge on any atom is -0.379 e. The molecule has 1 amide bonds. The second-order valence-corrected chi connectivity index (χ2v) is 4.50. The van der Waals surface area contributed by atoms with Gasteiger partial charge in [0.2, 0.25) is 5.91 Å². The summed E-state index contributed by atoms with van der Waals surface area (Å²) in [6.45, 7) is 7.04. The highest BCUT2D eigenvalue weighted by atomic mass is 16.5. The average molecular weight is 259 g/mol. The van der Waals surface area contributed by atoms with Crippen molar-refractivity contribution in [2.45, 2.75) is 13.0 Å². The van der Waals surface area contributed by atoms with E-state index in [1.807, 2.05) is 23.8 Å². The standard InChI is InChI=1S/C12H25N3O3/c1-11(14(2)4-8-17-7-3-13)12(16)15-5-9-18-10-6-15/h11H,3-10,13H2,1-2H3. The Labute approximate surface area is 109 Å². The van der Waals surface area contributed by atoms with Gasteiger partial charge >= 0.3 is 0 Å². The zero-order chi connectivity index (χ0) is 13.4. The fourth-order valence-electron chi connectivity index (χ4n) is 1.82. The molecule has 6 nitrogen and oxygen atoms in total. The molecule has 0 saturated carbocycles. The number of hydrogen-bond donors (Lipinski definition) is 1. The maximum absolute atomic E-state index is 12.2. The summed E-state index contributed by atoms with van der Waals surface area (Å²) in [6.07, 6.45) is 0. The molecule has 18 heavy (non-hydrogen) atoms. The second-order valence-electron chi connectivity index (χ2n) is 4.50. The van der Waals surface area contributed by atoms with Crippen molar-refractivity contribution in [3.8, 4) is 0 Å². The quantitative estimate of drug-likeness (QED) is 0.603. The van der Waals surface area contributed by atoms with Crippen molar-refractivity contribution in [2.75, 3.05) is 59.7 Å². The Balaban J connectivity index is 2.27. The van der Waals surface area contributed by atoms with E-state index in [9.17, 15) is 4.79 Å². The molecule has 0 aromatic carbocycles. The molecule has 1 unspecified atom stereocenters. The molecule has 6 heteroatoms. The van der Waals surface area contributed by atoms with Crippen LogP contribution in [0, 0.1) is 0 Å². The van der Waals surface area contributed by atoms with Gasteiger partial charge in [-0.25, -0.2) is 0 Å². The summed E-state index contributed by atoms with van der Waals surface area (Å²) < 4.78 is 10.6. The number of carbonyl (C=O) groups excluding carboxylic acids is 1. The summed E-state index contributed by atoms with van der Waals surface area (Å²) in [4.78, 5) is 16.1. The molecule has 2 N–H and O–H groups in total. The van der Waals surface area contributed by atoms with Crippen molar-refractivity contribution < 1.29 is 14.3 Å². The predicted octanol–water partition coefficient (Wildman–Crippen LogP) is -0.859. The van der Waals surface area contributed by atoms with Crippen molar-refractivity contribution in [2.24, 2.45) is 5.73 Å². The maximum Gasteiger partial charge on any atom is 0.239 e. The lowest BCUT2D eigenvalue weighted by atomic mass is 10.2. The van der Waals surface area contributed by atoms with Gasteiger partial charge in [-0.3, -0.25) is 9.69 Å². The first-order valence-electron chi connectivity index (χ1n) is 6.51. The molecule has 1 atom stereocenters. The van der Waals surface area contributed by atoms with Gasteiger partial charge in [0.1, 0.15) is 0 Å². The Bertz CT molecular complexity index is 245. The number of hydrogen-bond acceptors (Lipinski definition) is 5. The normalized spacial score (nSPS) is 18.1. The minimum atomic E-state index is -0.121. The molecular formula is C12H25N3O3. The monoisotopic (exact) mass is 259 g/mol. The van der Waals surface area contributed by atoms with Gasteiger partial charge in [-0.05, 0) is 14.0 Å². The first kappa shape index (κ1) is 15.4. The number of ether oxygens (including phenoxy) is 2. The molecule has 106 valence electrons. The summed E-state index contributed by atoms with van der Waals surface area (Å²) in [7, 11) is 1.94. The van der Waals surface area contributed by atoms with E-state index in [1.54, 1.807) is 0 Å². The predicted molar refractivity (Wildman–Crippen MR) is 69.4 cm³/mol. The third kappa shape index (κ3) is 4.89. The molecule has 1 saturated heterocycles. The lowest BCUT2D eigenvalue weighted by Gasteiger charge is -2.32. The van der Waals surface area contributed by atoms with Crippen LogP contribution in [0.5, 0.6) is 0 Å². The highest BCUT2D eigenvalue weighted by Gasteiger charge is 2.24. The van der Waals surface area contributed by atoms with Crippen molar-refractivity contribution in [1.29, 1.82) is 0 Å². The van der Waals surface area contributed by atoms with Crippen LogP contribution in [0.4, 0.5) is 0 Å². The first-order chi connectivity index (χ1) is 8.66. The van der Waals surface area contributed by atoms with Crippen molar-refractivity contribution >= 4 is 5.91 Å². The number of amides is 1. The number of likely N-dealkylation sites (N-methyl/N-ethyl adjacent to an activating group) is 1. The van der Waals surface area contributed by atoms with Gasteiger partial charge in [-0.2, -0.15) is 0 Å². The van der Waals surface area contributed by atoms with Gasteiger partial charge < -0.3 is 20.1 Å². The van der Waals surface area contributed by atoms with Gasteiger partial charge in [0.15, 0.2) is 0 Å². The van der Waals surface area contributed by atoms with Crippen LogP contribution in [0.1, 0.15) is 6.92 Å². The summed E-state index contributed by atoms with van der Waals surface area (Å²) in [5.74, 6) is 0.166. The Morgan fingerprint density at radius 1 is 1.44 bits per heavy atom. The highest BCUT2D eigenvalue weighted by molar-refractivity contribution is 5.81. The maximum atomic E-state index is 12.2. The van der Waals surface area contributed by atoms with E-state index >= 15 is 0 Å². The van der Waals surface area contributed by atoms with Gasteiger partial charge in [-0.1, -0.05) is 0 Å². The second kappa shape index (κ2) is 8.42. The molecule has 0 bridgehead atoms. The van der Waals surface area contributed by atoms with Crippen LogP contribution in [0.2, 0.25) is 0 Å². The molecule has 0 radical (unpaired) electrons. The van der Waals surface area contributed by atoms with Crippen molar-refractivity contribution in [3.63, 3.8) is 0 Å². The number of nitrogens with two attached hydrogens (primary N) is 1. The zero-order valence-electron chi connectivity index (χ0n) is 11.4. The van der Waals surface area contributed by atoms with E-state index in [4.69, 9.17) is 15.2 Å². The van der Waals surface area contributed by atoms with Gasteiger partial charge in [0.05, 0.1) is 32.5 Å². The van der Waals surface area contributed by atoms with Crippen LogP contribution in [0.15, 0.2) is 0 Å². The molecular weight excluding hydrogens is 234 g/mol. The molecule has 1 aliphatic rings. The van der Waals surface area contributed by atoms with Crippen LogP contribution in [0.3, 0.4) is 0 Å². The van der Waals surface area contributed by atoms with E-state index in [1.165, 1.54) is 0 Å². The molecule has 1 fully saturated rings. The van der Waals surface area contributed by atoms with Crippen LogP contribution in [-0.2, 0) is 14.3 Å². The SMILES string of the molecule is CC(C(=O)N1CCOCC1)N(C)CCOCCN. The number of rotatable bonds is 7. The molecule has 0 aromatic rings. The van der Waals surface area contributed by atoms with Gasteiger partial charge in [-0.15, -0.1) is 0 Å². The van der Waals surface area contributed by atoms with Crippen LogP contribution in [0.25, 0.3) is 0 Å². The Hall–Kier alpha value is -0.690. The highest BCUT2D eigenvalue weighted by Crippen LogP contribution is 2.05. The van der Waals surface area contributed by atoms with E-state index in [-0.39, 0.29) is 11.9 Å². The lowest BCUT2D eigenvalue weighted by Crippen LogP contribution is -2.50. The summed E-state index contributed by atoms with van der Waals surface area (Å²) in [6, 6.07) is -0.121. The summed E-state index contributed by atoms with van der Waals surface area (Å²) >= 11 is 0. The van der Waals surface area contributed by atoms with Crippen LogP contribution < -0.4 is 5.73 Å². The van der Waals surface area contributed by atoms with Crippen LogP contribution in [-0.4, -0.2) is 81.4 Å². The Morgan fingerprint density at radius 2 is 2.11 bits per heavy atom. The molecule has 1 heterocycles. The molecule has 1 rings (SSSR count). The number of carbonyl (C=O) groups is 1. The van der Waals surface area contributed by atoms with Gasteiger partial charge in [0.25, 0.3) is 0 Å². The lowest BCUT2D eigenvalue weighted by molar-refractivity contribution is -0.140. The number of morpholine rings is 1. The van der Waals surface area contributed by atoms with Crippen LogP contribution >= 0.6 is 0 Å². The van der Waals surface area contributed by atoms with E-state index in [0.29, 0.717) is 46.1 Å². The third-order valence-corrected chi connectivity index (χ3v) is 3.19. The van der Waals surface area contributed by atoms with Crippen molar-refractivity contribution in [3.05, 3.63) is 0 Å². The smallest absolute Gasteiger partial charge is 0.239 e. The van der Waals surface area contributed by atoms with Gasteiger partial charge in [0, 0.05) is 26.2 Å². The fraction of sp³-hybridized carbons (Fsp3) is 0.917. The largest absolute Gasteiger partial charge is 0.379 e. The number of nitrogens with zero attached hydrogens (tertiary/aromatic N) is 2. The topological polar surface area (TPSA) is 68.0 Å². The molecule has 0 aliphatic carbocycles. The molecule has 1 aliphatic heterocycles. The Morgan fingerprint density at radius 3 is 2.72 bits per heavy atom. The molecule has 0 aromatic heterocycles. The molecule has 0 spiro atoms. The first-order valence-corrected chi connectivity index (χ1v) is 6.51. The summed E-state index contributed by atoms with van der Waals surface area (Å²) in [5, 5.41) is 0. The Kier molecular flexibility index (Phi) is 7.19. The third-order valence-electron chi connectivity index (χ3n) is 3.19. The minimum absolute atomic E-state index is 0.121.